The summed E-state index contributed by atoms with van der Waals surface area (Å²) in [6.07, 6.45) is 1.21. The van der Waals surface area contributed by atoms with Crippen LogP contribution in [0.2, 0.25) is 0 Å². The fourth-order valence-corrected chi connectivity index (χ4v) is 3.44. The number of nitrogens with one attached hydrogen (secondary N) is 1. The van der Waals surface area contributed by atoms with Gasteiger partial charge in [0.25, 0.3) is 0 Å². The number of hydrogen-bond donors (Lipinski definition) is 1. The van der Waals surface area contributed by atoms with Crippen LogP contribution in [0.1, 0.15) is 31.9 Å². The topological polar surface area (TPSA) is 33.7 Å². The third-order valence-electron chi connectivity index (χ3n) is 4.45. The first-order valence-corrected chi connectivity index (χ1v) is 7.74. The average molecular weight is 292 g/mol. The molecule has 1 aromatic carbocycles. The van der Waals surface area contributed by atoms with E-state index in [1.54, 1.807) is 14.2 Å². The highest BCUT2D eigenvalue weighted by atomic mass is 16.5. The summed E-state index contributed by atoms with van der Waals surface area (Å²) in [6.45, 7) is 6.69. The zero-order chi connectivity index (χ0) is 15.4. The van der Waals surface area contributed by atoms with Crippen LogP contribution in [0.3, 0.4) is 0 Å². The highest BCUT2D eigenvalue weighted by Crippen LogP contribution is 2.43. The lowest BCUT2D eigenvalue weighted by Crippen LogP contribution is -2.34. The van der Waals surface area contributed by atoms with Gasteiger partial charge in [-0.2, -0.15) is 0 Å². The zero-order valence-electron chi connectivity index (χ0n) is 13.8. The normalized spacial score (nSPS) is 22.8. The van der Waals surface area contributed by atoms with Crippen LogP contribution in [-0.2, 0) is 0 Å². The van der Waals surface area contributed by atoms with Gasteiger partial charge in [-0.1, -0.05) is 0 Å². The Morgan fingerprint density at radius 3 is 2.62 bits per heavy atom. The van der Waals surface area contributed by atoms with Crippen molar-refractivity contribution in [3.8, 4) is 11.5 Å². The maximum atomic E-state index is 5.61. The Labute approximate surface area is 128 Å². The fourth-order valence-electron chi connectivity index (χ4n) is 3.44. The number of rotatable bonds is 6. The number of benzene rings is 1. The molecule has 1 N–H and O–H groups in total. The van der Waals surface area contributed by atoms with E-state index in [2.05, 4.69) is 30.1 Å². The van der Waals surface area contributed by atoms with Crippen LogP contribution >= 0.6 is 0 Å². The maximum absolute atomic E-state index is 5.61. The number of nitrogens with zero attached hydrogens (tertiary/aromatic N) is 1. The fraction of sp³-hybridized carbons (Fsp3) is 0.647. The van der Waals surface area contributed by atoms with Crippen molar-refractivity contribution in [2.24, 2.45) is 5.92 Å². The second-order valence-corrected chi connectivity index (χ2v) is 5.99. The summed E-state index contributed by atoms with van der Waals surface area (Å²) in [6, 6.07) is 7.01. The van der Waals surface area contributed by atoms with Crippen molar-refractivity contribution in [1.82, 2.24) is 10.2 Å². The minimum absolute atomic E-state index is 0.377. The highest BCUT2D eigenvalue weighted by molar-refractivity contribution is 5.43. The van der Waals surface area contributed by atoms with E-state index in [1.807, 2.05) is 19.2 Å². The maximum Gasteiger partial charge on any atom is 0.123 e. The molecule has 1 fully saturated rings. The van der Waals surface area contributed by atoms with E-state index in [9.17, 15) is 0 Å². The molecule has 4 nitrogen and oxygen atoms in total. The van der Waals surface area contributed by atoms with Crippen LogP contribution < -0.4 is 14.8 Å². The molecule has 1 saturated heterocycles. The van der Waals surface area contributed by atoms with Crippen molar-refractivity contribution in [3.63, 3.8) is 0 Å². The van der Waals surface area contributed by atoms with Gasteiger partial charge in [-0.25, -0.2) is 0 Å². The van der Waals surface area contributed by atoms with Gasteiger partial charge >= 0.3 is 0 Å². The van der Waals surface area contributed by atoms with Crippen LogP contribution in [0.25, 0.3) is 0 Å². The molecule has 0 saturated carbocycles. The molecule has 118 valence electrons. The number of hydrogen-bond acceptors (Lipinski definition) is 4. The Bertz CT molecular complexity index is 462. The lowest BCUT2D eigenvalue weighted by molar-refractivity contribution is 0.178. The van der Waals surface area contributed by atoms with E-state index < -0.39 is 0 Å². The number of likely N-dealkylation sites (tertiary alicyclic amines) is 1. The van der Waals surface area contributed by atoms with Crippen molar-refractivity contribution in [3.05, 3.63) is 23.8 Å². The Kier molecular flexibility index (Phi) is 5.48. The smallest absolute Gasteiger partial charge is 0.123 e. The summed E-state index contributed by atoms with van der Waals surface area (Å²) in [5.41, 5.74) is 1.24. The van der Waals surface area contributed by atoms with Gasteiger partial charge in [-0.3, -0.25) is 4.90 Å². The summed E-state index contributed by atoms with van der Waals surface area (Å²) in [5.74, 6) is 2.44. The lowest BCUT2D eigenvalue weighted by Gasteiger charge is -2.32. The zero-order valence-corrected chi connectivity index (χ0v) is 13.8. The molecule has 0 aliphatic carbocycles. The van der Waals surface area contributed by atoms with E-state index in [1.165, 1.54) is 12.0 Å². The molecular weight excluding hydrogens is 264 g/mol. The Hall–Kier alpha value is -1.26. The summed E-state index contributed by atoms with van der Waals surface area (Å²) in [5, 5.41) is 3.34. The Morgan fingerprint density at radius 2 is 2.05 bits per heavy atom. The molecule has 1 aliphatic heterocycles. The first-order chi connectivity index (χ1) is 10.1. The molecule has 21 heavy (non-hydrogen) atoms. The predicted octanol–water partition coefficient (Wildman–Crippen LogP) is 2.69. The van der Waals surface area contributed by atoms with Crippen molar-refractivity contribution in [1.29, 1.82) is 0 Å². The molecule has 0 aromatic heterocycles. The quantitative estimate of drug-likeness (QED) is 0.874. The lowest BCUT2D eigenvalue weighted by atomic mass is 9.92. The molecule has 2 unspecified atom stereocenters. The summed E-state index contributed by atoms with van der Waals surface area (Å²) < 4.78 is 11.0. The van der Waals surface area contributed by atoms with Gasteiger partial charge in [0.15, 0.2) is 0 Å². The molecule has 1 aromatic rings. The van der Waals surface area contributed by atoms with E-state index in [0.29, 0.717) is 18.0 Å². The Morgan fingerprint density at radius 1 is 1.29 bits per heavy atom. The van der Waals surface area contributed by atoms with E-state index in [0.717, 1.165) is 24.6 Å². The van der Waals surface area contributed by atoms with Crippen LogP contribution in [-0.4, -0.2) is 45.3 Å². The minimum atomic E-state index is 0.377. The van der Waals surface area contributed by atoms with E-state index in [4.69, 9.17) is 9.47 Å². The third-order valence-corrected chi connectivity index (χ3v) is 4.45. The molecule has 0 amide bonds. The SMILES string of the molecule is CNCC1CCN(C(C)C)C1c1cc(OC)ccc1OC. The minimum Gasteiger partial charge on any atom is -0.497 e. The number of ether oxygens (including phenoxy) is 2. The molecule has 0 radical (unpaired) electrons. The average Bonchev–Trinajstić information content (AvgIpc) is 2.90. The third kappa shape index (κ3) is 3.33. The van der Waals surface area contributed by atoms with Gasteiger partial charge in [-0.15, -0.1) is 0 Å². The second-order valence-electron chi connectivity index (χ2n) is 5.99. The van der Waals surface area contributed by atoms with Crippen LogP contribution in [0.15, 0.2) is 18.2 Å². The van der Waals surface area contributed by atoms with Crippen LogP contribution in [0.5, 0.6) is 11.5 Å². The first-order valence-electron chi connectivity index (χ1n) is 7.74. The van der Waals surface area contributed by atoms with Gasteiger partial charge in [0.1, 0.15) is 11.5 Å². The van der Waals surface area contributed by atoms with Crippen molar-refractivity contribution < 1.29 is 9.47 Å². The second kappa shape index (κ2) is 7.14. The van der Waals surface area contributed by atoms with Crippen molar-refractivity contribution in [2.75, 3.05) is 34.4 Å². The molecule has 4 heteroatoms. The molecule has 2 rings (SSSR count). The molecule has 0 spiro atoms. The number of methoxy groups -OCH3 is 2. The van der Waals surface area contributed by atoms with Crippen molar-refractivity contribution in [2.45, 2.75) is 32.4 Å². The standard InChI is InChI=1S/C17H28N2O2/c1-12(2)19-9-8-13(11-18-3)17(19)15-10-14(20-4)6-7-16(15)21-5/h6-7,10,12-13,17-18H,8-9,11H2,1-5H3. The van der Waals surface area contributed by atoms with E-state index in [-0.39, 0.29) is 0 Å². The van der Waals surface area contributed by atoms with Gasteiger partial charge in [0, 0.05) is 17.6 Å². The summed E-state index contributed by atoms with van der Waals surface area (Å²) >= 11 is 0. The van der Waals surface area contributed by atoms with Crippen LogP contribution in [0.4, 0.5) is 0 Å². The van der Waals surface area contributed by atoms with E-state index >= 15 is 0 Å². The molecule has 0 bridgehead atoms. The molecule has 1 heterocycles. The monoisotopic (exact) mass is 292 g/mol. The van der Waals surface area contributed by atoms with Crippen LogP contribution in [0, 0.1) is 5.92 Å². The van der Waals surface area contributed by atoms with Gasteiger partial charge < -0.3 is 14.8 Å². The predicted molar refractivity (Wildman–Crippen MR) is 86.2 cm³/mol. The van der Waals surface area contributed by atoms with Gasteiger partial charge in [0.2, 0.25) is 0 Å². The summed E-state index contributed by atoms with van der Waals surface area (Å²) in [4.78, 5) is 2.57. The highest BCUT2D eigenvalue weighted by Gasteiger charge is 2.37. The summed E-state index contributed by atoms with van der Waals surface area (Å²) in [7, 11) is 5.48. The molecule has 1 aliphatic rings. The Balaban J connectivity index is 2.42. The van der Waals surface area contributed by atoms with Gasteiger partial charge in [-0.05, 0) is 64.5 Å². The van der Waals surface area contributed by atoms with Gasteiger partial charge in [0.05, 0.1) is 14.2 Å². The molecule has 2 atom stereocenters. The van der Waals surface area contributed by atoms with Crippen molar-refractivity contribution >= 4 is 0 Å². The molecular formula is C17H28N2O2. The first kappa shape index (κ1) is 16.1. The largest absolute Gasteiger partial charge is 0.497 e.